The van der Waals surface area contributed by atoms with E-state index in [0.29, 0.717) is 17.5 Å². The van der Waals surface area contributed by atoms with Crippen molar-refractivity contribution in [3.63, 3.8) is 0 Å². The number of nitrogens with one attached hydrogen (secondary N) is 2. The van der Waals surface area contributed by atoms with E-state index in [4.69, 9.17) is 5.73 Å². The molecule has 0 spiro atoms. The number of pyridine rings is 1. The Bertz CT molecular complexity index is 1260. The standard InChI is InChI=1S/C24H26N6OS/c1-14(2)12-19(25)23(31)28-24-27-15(3)22(32-24)16-7-9-18-20(29-30-21(18)13-16)10-8-17-6-4-5-11-26-17/h4-11,13-14,19H,12,25H2,1-3H3,(H,29,30)(H,27,28,31)/b10-8+. The number of thiazole rings is 1. The first kappa shape index (κ1) is 21.9. The molecular weight excluding hydrogens is 420 g/mol. The number of fused-ring (bicyclic) bond motifs is 1. The monoisotopic (exact) mass is 446 g/mol. The maximum atomic E-state index is 12.4. The summed E-state index contributed by atoms with van der Waals surface area (Å²) >= 11 is 1.44. The van der Waals surface area contributed by atoms with Crippen LogP contribution in [0.1, 0.15) is 37.4 Å². The number of aryl methyl sites for hydroxylation is 1. The van der Waals surface area contributed by atoms with E-state index in [1.807, 2.05) is 63.3 Å². The van der Waals surface area contributed by atoms with Crippen LogP contribution in [0.25, 0.3) is 33.5 Å². The van der Waals surface area contributed by atoms with Gasteiger partial charge >= 0.3 is 0 Å². The second kappa shape index (κ2) is 9.42. The molecule has 0 fully saturated rings. The summed E-state index contributed by atoms with van der Waals surface area (Å²) in [5, 5.41) is 12.0. The SMILES string of the molecule is Cc1nc(NC(=O)C(N)CC(C)C)sc1-c1ccc2c(/C=C/c3ccccn3)n[nH]c2c1. The highest BCUT2D eigenvalue weighted by atomic mass is 32.1. The molecule has 3 aromatic heterocycles. The zero-order valence-corrected chi connectivity index (χ0v) is 19.1. The first-order valence-electron chi connectivity index (χ1n) is 10.5. The van der Waals surface area contributed by atoms with Gasteiger partial charge in [-0.15, -0.1) is 0 Å². The van der Waals surface area contributed by atoms with Gasteiger partial charge in [0.1, 0.15) is 0 Å². The summed E-state index contributed by atoms with van der Waals surface area (Å²) in [7, 11) is 0. The molecule has 1 amide bonds. The minimum atomic E-state index is -0.540. The minimum Gasteiger partial charge on any atom is -0.320 e. The van der Waals surface area contributed by atoms with Crippen molar-refractivity contribution in [1.82, 2.24) is 20.2 Å². The van der Waals surface area contributed by atoms with Gasteiger partial charge in [-0.2, -0.15) is 5.10 Å². The molecule has 4 N–H and O–H groups in total. The molecule has 8 heteroatoms. The van der Waals surface area contributed by atoms with Crippen molar-refractivity contribution >= 4 is 45.4 Å². The maximum Gasteiger partial charge on any atom is 0.243 e. The second-order valence-electron chi connectivity index (χ2n) is 8.12. The summed E-state index contributed by atoms with van der Waals surface area (Å²) in [6.45, 7) is 6.03. The third kappa shape index (κ3) is 4.92. The summed E-state index contributed by atoms with van der Waals surface area (Å²) in [5.41, 5.74) is 10.5. The molecule has 0 radical (unpaired) electrons. The summed E-state index contributed by atoms with van der Waals surface area (Å²) in [6, 6.07) is 11.4. The van der Waals surface area contributed by atoms with Crippen molar-refractivity contribution in [2.75, 3.05) is 5.32 Å². The highest BCUT2D eigenvalue weighted by molar-refractivity contribution is 7.19. The number of anilines is 1. The van der Waals surface area contributed by atoms with E-state index in [-0.39, 0.29) is 5.91 Å². The van der Waals surface area contributed by atoms with E-state index >= 15 is 0 Å². The molecule has 1 aromatic carbocycles. The predicted molar refractivity (Wildman–Crippen MR) is 131 cm³/mol. The number of carbonyl (C=O) groups is 1. The van der Waals surface area contributed by atoms with Gasteiger partial charge in [0.25, 0.3) is 0 Å². The number of amides is 1. The van der Waals surface area contributed by atoms with Crippen LogP contribution in [0.4, 0.5) is 5.13 Å². The average Bonchev–Trinajstić information content (AvgIpc) is 3.34. The molecule has 3 heterocycles. The van der Waals surface area contributed by atoms with Crippen LogP contribution in [0.2, 0.25) is 0 Å². The van der Waals surface area contributed by atoms with E-state index in [2.05, 4.69) is 31.5 Å². The van der Waals surface area contributed by atoms with Crippen molar-refractivity contribution in [2.45, 2.75) is 33.2 Å². The molecule has 0 saturated heterocycles. The lowest BCUT2D eigenvalue weighted by Crippen LogP contribution is -2.36. The first-order chi connectivity index (χ1) is 15.4. The van der Waals surface area contributed by atoms with Gasteiger partial charge in [-0.3, -0.25) is 14.9 Å². The number of carbonyl (C=O) groups excluding carboxylic acids is 1. The largest absolute Gasteiger partial charge is 0.320 e. The van der Waals surface area contributed by atoms with Crippen molar-refractivity contribution in [3.8, 4) is 10.4 Å². The number of rotatable bonds is 7. The Morgan fingerprint density at radius 1 is 1.25 bits per heavy atom. The van der Waals surface area contributed by atoms with E-state index in [1.54, 1.807) is 6.20 Å². The fraction of sp³-hybridized carbons (Fsp3) is 0.250. The van der Waals surface area contributed by atoms with Crippen molar-refractivity contribution in [2.24, 2.45) is 11.7 Å². The predicted octanol–water partition coefficient (Wildman–Crippen LogP) is 4.87. The van der Waals surface area contributed by atoms with E-state index in [1.165, 1.54) is 11.3 Å². The van der Waals surface area contributed by atoms with Crippen LogP contribution < -0.4 is 11.1 Å². The van der Waals surface area contributed by atoms with Crippen LogP contribution in [0.5, 0.6) is 0 Å². The quantitative estimate of drug-likeness (QED) is 0.375. The van der Waals surface area contributed by atoms with Gasteiger partial charge in [-0.1, -0.05) is 37.3 Å². The lowest BCUT2D eigenvalue weighted by molar-refractivity contribution is -0.117. The zero-order chi connectivity index (χ0) is 22.7. The molecule has 0 saturated carbocycles. The summed E-state index contributed by atoms with van der Waals surface area (Å²) in [6.07, 6.45) is 6.29. The molecule has 1 unspecified atom stereocenters. The topological polar surface area (TPSA) is 110 Å². The van der Waals surface area contributed by atoms with Gasteiger partial charge < -0.3 is 11.1 Å². The van der Waals surface area contributed by atoms with Gasteiger partial charge in [0.2, 0.25) is 5.91 Å². The molecule has 4 rings (SSSR count). The van der Waals surface area contributed by atoms with Crippen LogP contribution in [0.15, 0.2) is 42.6 Å². The van der Waals surface area contributed by atoms with E-state index < -0.39 is 6.04 Å². The van der Waals surface area contributed by atoms with Crippen molar-refractivity contribution in [3.05, 3.63) is 59.7 Å². The van der Waals surface area contributed by atoms with Gasteiger partial charge in [0.05, 0.1) is 33.5 Å². The highest BCUT2D eigenvalue weighted by Gasteiger charge is 2.18. The summed E-state index contributed by atoms with van der Waals surface area (Å²) in [4.78, 5) is 22.2. The van der Waals surface area contributed by atoms with Crippen molar-refractivity contribution < 1.29 is 4.79 Å². The molecule has 0 aliphatic heterocycles. The van der Waals surface area contributed by atoms with Crippen LogP contribution in [0, 0.1) is 12.8 Å². The average molecular weight is 447 g/mol. The fourth-order valence-corrected chi connectivity index (χ4v) is 4.44. The molecule has 0 aliphatic carbocycles. The normalized spacial score (nSPS) is 12.7. The first-order valence-corrected chi connectivity index (χ1v) is 11.3. The molecule has 7 nitrogen and oxygen atoms in total. The zero-order valence-electron chi connectivity index (χ0n) is 18.3. The van der Waals surface area contributed by atoms with Crippen LogP contribution in [-0.2, 0) is 4.79 Å². The van der Waals surface area contributed by atoms with Gasteiger partial charge in [-0.25, -0.2) is 4.98 Å². The Labute approximate surface area is 190 Å². The van der Waals surface area contributed by atoms with Gasteiger partial charge in [-0.05, 0) is 61.2 Å². The number of aromatic amines is 1. The number of hydrogen-bond donors (Lipinski definition) is 3. The molecule has 1 atom stereocenters. The van der Waals surface area contributed by atoms with Crippen molar-refractivity contribution in [1.29, 1.82) is 0 Å². The molecule has 32 heavy (non-hydrogen) atoms. The van der Waals surface area contributed by atoms with E-state index in [0.717, 1.165) is 38.4 Å². The van der Waals surface area contributed by atoms with E-state index in [9.17, 15) is 4.79 Å². The number of aromatic nitrogens is 4. The lowest BCUT2D eigenvalue weighted by Gasteiger charge is -2.12. The third-order valence-corrected chi connectivity index (χ3v) is 6.17. The Morgan fingerprint density at radius 2 is 2.09 bits per heavy atom. The third-order valence-electron chi connectivity index (χ3n) is 5.04. The Kier molecular flexibility index (Phi) is 6.43. The fourth-order valence-electron chi connectivity index (χ4n) is 3.48. The molecular formula is C24H26N6OS. The number of nitrogens with two attached hydrogens (primary N) is 1. The van der Waals surface area contributed by atoms with Gasteiger partial charge in [0, 0.05) is 11.6 Å². The highest BCUT2D eigenvalue weighted by Crippen LogP contribution is 2.34. The van der Waals surface area contributed by atoms with Crippen LogP contribution in [-0.4, -0.2) is 32.1 Å². The molecule has 0 aliphatic rings. The number of nitrogens with zero attached hydrogens (tertiary/aromatic N) is 3. The number of H-pyrrole nitrogens is 1. The Morgan fingerprint density at radius 3 is 2.84 bits per heavy atom. The van der Waals surface area contributed by atoms with Crippen LogP contribution in [0.3, 0.4) is 0 Å². The van der Waals surface area contributed by atoms with Gasteiger partial charge in [0.15, 0.2) is 5.13 Å². The Hall–Kier alpha value is -3.36. The molecule has 4 aromatic rings. The molecule has 164 valence electrons. The summed E-state index contributed by atoms with van der Waals surface area (Å²) in [5.74, 6) is 0.154. The Balaban J connectivity index is 1.54. The smallest absolute Gasteiger partial charge is 0.243 e. The number of hydrogen-bond acceptors (Lipinski definition) is 6. The molecule has 0 bridgehead atoms. The lowest BCUT2D eigenvalue weighted by atomic mass is 10.0. The minimum absolute atomic E-state index is 0.202. The summed E-state index contributed by atoms with van der Waals surface area (Å²) < 4.78 is 0. The van der Waals surface area contributed by atoms with Crippen LogP contribution >= 0.6 is 11.3 Å². The number of benzene rings is 1. The maximum absolute atomic E-state index is 12.4. The second-order valence-corrected chi connectivity index (χ2v) is 9.12.